The average molecular weight is 102 g/mol. The Morgan fingerprint density at radius 3 is 2.67 bits per heavy atom. The van der Waals surface area contributed by atoms with E-state index in [9.17, 15) is 0 Å². The van der Waals surface area contributed by atoms with E-state index in [1.54, 1.807) is 0 Å². The molecule has 0 unspecified atom stereocenters. The lowest BCUT2D eigenvalue weighted by Gasteiger charge is -1.87. The Morgan fingerprint density at radius 2 is 2.50 bits per heavy atom. The monoisotopic (exact) mass is 102 g/mol. The third-order valence-electron chi connectivity index (χ3n) is 0.447. The molecule has 0 aromatic rings. The molecule has 0 heterocycles. The third-order valence-corrected chi connectivity index (χ3v) is 0.592. The average Bonchev–Trinajstić information content (AvgIpc) is 1.61. The van der Waals surface area contributed by atoms with Crippen LogP contribution in [0.1, 0.15) is 13.3 Å². The molecule has 0 aliphatic carbocycles. The second-order valence-electron chi connectivity index (χ2n) is 1.03. The zero-order valence-corrected chi connectivity index (χ0v) is 4.64. The smallest absolute Gasteiger partial charge is 0.134 e. The van der Waals surface area contributed by atoms with Crippen LogP contribution in [0.3, 0.4) is 0 Å². The molecule has 0 spiro atoms. The maximum absolute atomic E-state index is 4.36. The van der Waals surface area contributed by atoms with Gasteiger partial charge in [-0.05, 0) is 6.42 Å². The first kappa shape index (κ1) is 5.89. The molecule has 6 heavy (non-hydrogen) atoms. The van der Waals surface area contributed by atoms with Crippen LogP contribution in [0, 0.1) is 0 Å². The minimum Gasteiger partial charge on any atom is -0.374 e. The molecule has 0 rings (SSSR count). The summed E-state index contributed by atoms with van der Waals surface area (Å²) >= 11 is 4.36. The van der Waals surface area contributed by atoms with E-state index in [1.807, 2.05) is 0 Å². The van der Waals surface area contributed by atoms with Gasteiger partial charge in [-0.25, -0.2) is 0 Å². The van der Waals surface area contributed by atoms with Gasteiger partial charge in [-0.3, -0.25) is 0 Å². The first-order chi connectivity index (χ1) is 2.91. The van der Waals surface area contributed by atoms with Crippen LogP contribution in [-0.4, -0.2) is 12.0 Å². The van der Waals surface area contributed by atoms with Crippen molar-refractivity contribution < 1.29 is 0 Å². The second-order valence-corrected chi connectivity index (χ2v) is 1.23. The molecular formula is C4H8NS. The molecule has 1 nitrogen and oxygen atoms in total. The molecule has 0 atom stereocenters. The van der Waals surface area contributed by atoms with Crippen molar-refractivity contribution >= 4 is 17.7 Å². The zero-order valence-electron chi connectivity index (χ0n) is 3.82. The predicted octanol–water partition coefficient (Wildman–Crippen LogP) is 0.820. The minimum atomic E-state index is 0.948. The van der Waals surface area contributed by atoms with Gasteiger partial charge >= 0.3 is 0 Å². The van der Waals surface area contributed by atoms with Crippen molar-refractivity contribution in [1.29, 1.82) is 0 Å². The van der Waals surface area contributed by atoms with Crippen LogP contribution >= 0.6 is 12.2 Å². The van der Waals surface area contributed by atoms with Gasteiger partial charge in [-0.1, -0.05) is 19.1 Å². The third kappa shape index (κ3) is 3.89. The summed E-state index contributed by atoms with van der Waals surface area (Å²) in [7, 11) is 0. The molecule has 1 radical (unpaired) electrons. The fraction of sp³-hybridized carbons (Fsp3) is 0.750. The van der Waals surface area contributed by atoms with E-state index in [0.29, 0.717) is 0 Å². The Bertz CT molecular complexity index is 36.5. The molecule has 0 fully saturated rings. The van der Waals surface area contributed by atoms with E-state index >= 15 is 0 Å². The Balaban J connectivity index is 2.49. The Labute approximate surface area is 43.7 Å². The first-order valence-electron chi connectivity index (χ1n) is 2.01. The van der Waals surface area contributed by atoms with Gasteiger partial charge in [-0.15, -0.1) is 0 Å². The highest BCUT2D eigenvalue weighted by Crippen LogP contribution is 1.64. The van der Waals surface area contributed by atoms with Crippen molar-refractivity contribution in [1.82, 2.24) is 5.32 Å². The SMILES string of the molecule is CCCN[C]=S. The fourth-order valence-electron chi connectivity index (χ4n) is 0.176. The molecule has 35 valence electrons. The van der Waals surface area contributed by atoms with Crippen LogP contribution in [0.25, 0.3) is 0 Å². The van der Waals surface area contributed by atoms with Gasteiger partial charge in [0.2, 0.25) is 0 Å². The van der Waals surface area contributed by atoms with E-state index < -0.39 is 0 Å². The van der Waals surface area contributed by atoms with Crippen LogP contribution < -0.4 is 5.32 Å². The molecule has 2 heteroatoms. The summed E-state index contributed by atoms with van der Waals surface area (Å²) < 4.78 is 0. The van der Waals surface area contributed by atoms with Crippen molar-refractivity contribution in [3.8, 4) is 0 Å². The van der Waals surface area contributed by atoms with E-state index in [2.05, 4.69) is 29.9 Å². The molecule has 0 aliphatic heterocycles. The van der Waals surface area contributed by atoms with Crippen molar-refractivity contribution in [3.05, 3.63) is 0 Å². The lowest BCUT2D eigenvalue weighted by molar-refractivity contribution is 0.857. The maximum atomic E-state index is 4.36. The maximum Gasteiger partial charge on any atom is 0.134 e. The van der Waals surface area contributed by atoms with E-state index in [0.717, 1.165) is 13.0 Å². The van der Waals surface area contributed by atoms with Crippen LogP contribution in [0.5, 0.6) is 0 Å². The number of hydrogen-bond donors (Lipinski definition) is 1. The van der Waals surface area contributed by atoms with Crippen molar-refractivity contribution in [3.63, 3.8) is 0 Å². The standard InChI is InChI=1S/C4H8NS/c1-2-3-5-4-6/h2-3H2,1H3,(H,5,6). The molecule has 0 aromatic carbocycles. The van der Waals surface area contributed by atoms with E-state index in [1.165, 1.54) is 0 Å². The number of hydrogen-bond acceptors (Lipinski definition) is 1. The van der Waals surface area contributed by atoms with E-state index in [-0.39, 0.29) is 0 Å². The molecule has 0 bridgehead atoms. The van der Waals surface area contributed by atoms with E-state index in [4.69, 9.17) is 0 Å². The highest BCUT2D eigenvalue weighted by Gasteiger charge is 1.68. The van der Waals surface area contributed by atoms with Gasteiger partial charge in [0.1, 0.15) is 5.49 Å². The summed E-state index contributed by atoms with van der Waals surface area (Å²) in [6.07, 6.45) is 1.11. The second kappa shape index (κ2) is 4.89. The summed E-state index contributed by atoms with van der Waals surface area (Å²) in [6, 6.07) is 0. The number of rotatable bonds is 3. The van der Waals surface area contributed by atoms with Crippen LogP contribution in [0.15, 0.2) is 0 Å². The Morgan fingerprint density at radius 1 is 1.83 bits per heavy atom. The van der Waals surface area contributed by atoms with Gasteiger partial charge in [-0.2, -0.15) is 0 Å². The van der Waals surface area contributed by atoms with Gasteiger partial charge < -0.3 is 5.32 Å². The molecule has 1 N–H and O–H groups in total. The minimum absolute atomic E-state index is 0.948. The van der Waals surface area contributed by atoms with Crippen LogP contribution in [-0.2, 0) is 0 Å². The Hall–Kier alpha value is -0.110. The molecule has 0 aromatic heterocycles. The first-order valence-corrected chi connectivity index (χ1v) is 2.42. The molecule has 0 aliphatic rings. The summed E-state index contributed by atoms with van der Waals surface area (Å²) in [6.45, 7) is 3.03. The van der Waals surface area contributed by atoms with Crippen LogP contribution in [0.4, 0.5) is 0 Å². The summed E-state index contributed by atoms with van der Waals surface area (Å²) in [5.41, 5.74) is 2.40. The highest BCUT2D eigenvalue weighted by atomic mass is 32.1. The quantitative estimate of drug-likeness (QED) is 0.321. The van der Waals surface area contributed by atoms with Crippen molar-refractivity contribution in [2.75, 3.05) is 6.54 Å². The number of nitrogens with one attached hydrogen (secondary N) is 1. The van der Waals surface area contributed by atoms with Gasteiger partial charge in [0.25, 0.3) is 0 Å². The normalized spacial score (nSPS) is 7.50. The lowest BCUT2D eigenvalue weighted by atomic mass is 10.5. The zero-order chi connectivity index (χ0) is 4.83. The largest absolute Gasteiger partial charge is 0.374 e. The van der Waals surface area contributed by atoms with Crippen LogP contribution in [0.2, 0.25) is 0 Å². The van der Waals surface area contributed by atoms with Crippen molar-refractivity contribution in [2.24, 2.45) is 0 Å². The van der Waals surface area contributed by atoms with Gasteiger partial charge in [0, 0.05) is 6.54 Å². The highest BCUT2D eigenvalue weighted by molar-refractivity contribution is 7.78. The summed E-state index contributed by atoms with van der Waals surface area (Å²) in [4.78, 5) is 0. The molecule has 0 saturated carbocycles. The summed E-state index contributed by atoms with van der Waals surface area (Å²) in [5, 5.41) is 2.76. The molecule has 0 amide bonds. The molecule has 0 saturated heterocycles. The lowest BCUT2D eigenvalue weighted by Crippen LogP contribution is -2.08. The van der Waals surface area contributed by atoms with Gasteiger partial charge in [0.15, 0.2) is 0 Å². The van der Waals surface area contributed by atoms with Crippen molar-refractivity contribution in [2.45, 2.75) is 13.3 Å². The summed E-state index contributed by atoms with van der Waals surface area (Å²) in [5.74, 6) is 0. The van der Waals surface area contributed by atoms with Gasteiger partial charge in [0.05, 0.1) is 0 Å². The molecular weight excluding hydrogens is 94.1 g/mol. The topological polar surface area (TPSA) is 12.0 Å². The predicted molar refractivity (Wildman–Crippen MR) is 30.9 cm³/mol. The fourth-order valence-corrected chi connectivity index (χ4v) is 0.278. The number of thiocarbonyl (C=S) groups is 1. The Kier molecular flexibility index (Phi) is 4.80.